The van der Waals surface area contributed by atoms with Gasteiger partial charge in [-0.15, -0.1) is 0 Å². The highest BCUT2D eigenvalue weighted by molar-refractivity contribution is 7.55. The minimum absolute atomic E-state index is 0.118. The first kappa shape index (κ1) is 36.3. The summed E-state index contributed by atoms with van der Waals surface area (Å²) in [5.41, 5.74) is -0.0264. The monoisotopic (exact) mass is 679 g/mol. The van der Waals surface area contributed by atoms with Gasteiger partial charge in [-0.3, -0.25) is 4.79 Å². The highest BCUT2D eigenvalue weighted by Crippen LogP contribution is 2.64. The van der Waals surface area contributed by atoms with Gasteiger partial charge in [0.1, 0.15) is 28.7 Å². The normalized spacial score (nSPS) is 15.1. The molecule has 1 unspecified atom stereocenters. The summed E-state index contributed by atoms with van der Waals surface area (Å²) in [5, 5.41) is 5.46. The first-order valence-electron chi connectivity index (χ1n) is 16.1. The number of benzene rings is 3. The number of nitrogens with zero attached hydrogens (tertiary/aromatic N) is 1. The van der Waals surface area contributed by atoms with Crippen molar-refractivity contribution in [2.75, 3.05) is 6.54 Å². The van der Waals surface area contributed by atoms with Gasteiger partial charge in [0, 0.05) is 13.1 Å². The van der Waals surface area contributed by atoms with Crippen molar-refractivity contribution in [2.24, 2.45) is 0 Å². The predicted molar refractivity (Wildman–Crippen MR) is 183 cm³/mol. The molecule has 0 aromatic heterocycles. The number of ether oxygens (including phenoxy) is 2. The van der Waals surface area contributed by atoms with Crippen molar-refractivity contribution >= 4 is 25.7 Å². The van der Waals surface area contributed by atoms with E-state index in [0.717, 1.165) is 5.56 Å². The van der Waals surface area contributed by atoms with E-state index in [0.29, 0.717) is 36.4 Å². The molecule has 0 radical (unpaired) electrons. The number of para-hydroxylation sites is 2. The van der Waals surface area contributed by atoms with E-state index in [1.54, 1.807) is 96.1 Å². The summed E-state index contributed by atoms with van der Waals surface area (Å²) in [7, 11) is -4.23. The number of alkyl carbamates (subject to hydrolysis) is 2. The largest absolute Gasteiger partial charge is 0.457 e. The fourth-order valence-electron chi connectivity index (χ4n) is 5.17. The topological polar surface area (TPSA) is 133 Å². The molecule has 258 valence electrons. The van der Waals surface area contributed by atoms with Gasteiger partial charge in [-0.25, -0.2) is 14.2 Å². The summed E-state index contributed by atoms with van der Waals surface area (Å²) in [6.45, 7) is 11.0. The summed E-state index contributed by atoms with van der Waals surface area (Å²) in [6.07, 6.45) is -0.101. The van der Waals surface area contributed by atoms with E-state index in [1.165, 1.54) is 4.90 Å². The fraction of sp³-hybridized carbons (Fsp3) is 0.417. The summed E-state index contributed by atoms with van der Waals surface area (Å²) in [6, 6.07) is 23.6. The maximum atomic E-state index is 15.1. The van der Waals surface area contributed by atoms with Crippen LogP contribution >= 0.6 is 7.60 Å². The van der Waals surface area contributed by atoms with Crippen molar-refractivity contribution in [3.05, 3.63) is 96.1 Å². The molecule has 0 bridgehead atoms. The van der Waals surface area contributed by atoms with Crippen molar-refractivity contribution in [1.82, 2.24) is 15.5 Å². The van der Waals surface area contributed by atoms with E-state index in [9.17, 15) is 14.4 Å². The van der Waals surface area contributed by atoms with Crippen LogP contribution < -0.4 is 19.7 Å². The van der Waals surface area contributed by atoms with E-state index in [4.69, 9.17) is 18.5 Å². The zero-order chi connectivity index (χ0) is 35.0. The van der Waals surface area contributed by atoms with Crippen molar-refractivity contribution in [1.29, 1.82) is 0 Å². The van der Waals surface area contributed by atoms with Crippen LogP contribution in [0.25, 0.3) is 0 Å². The highest BCUT2D eigenvalue weighted by atomic mass is 31.2. The maximum absolute atomic E-state index is 15.1. The van der Waals surface area contributed by atoms with E-state index in [1.807, 2.05) is 30.3 Å². The maximum Gasteiger partial charge on any atom is 0.457 e. The molecule has 2 N–H and O–H groups in total. The molecule has 0 aliphatic carbocycles. The van der Waals surface area contributed by atoms with Crippen LogP contribution in [0.5, 0.6) is 11.5 Å². The average Bonchev–Trinajstić information content (AvgIpc) is 3.40. The Morgan fingerprint density at radius 3 is 1.85 bits per heavy atom. The van der Waals surface area contributed by atoms with Crippen molar-refractivity contribution in [2.45, 2.75) is 90.4 Å². The molecular weight excluding hydrogens is 633 g/mol. The molecule has 3 amide bonds. The average molecular weight is 680 g/mol. The number of unbranched alkanes of at least 4 members (excludes halogenated alkanes) is 1. The first-order valence-corrected chi connectivity index (χ1v) is 17.7. The zero-order valence-electron chi connectivity index (χ0n) is 28.4. The SMILES string of the molecule is CC(C)(C)OC(=O)NCCCC[C@H](NC(=O)OC(C)(C)C)C(=O)N1Cc2ccccc2C1P(=O)(Oc1ccccc1)Oc1ccccc1. The number of carbonyl (C=O) groups excluding carboxylic acids is 3. The van der Waals surface area contributed by atoms with E-state index in [2.05, 4.69) is 10.6 Å². The van der Waals surface area contributed by atoms with Crippen LogP contribution in [0.1, 0.15) is 77.7 Å². The van der Waals surface area contributed by atoms with Crippen molar-refractivity contribution in [3.63, 3.8) is 0 Å². The third-order valence-corrected chi connectivity index (χ3v) is 9.17. The lowest BCUT2D eigenvalue weighted by molar-refractivity contribution is -0.135. The minimum Gasteiger partial charge on any atom is -0.444 e. The Balaban J connectivity index is 1.63. The molecular formula is C36H46N3O8P. The molecule has 0 spiro atoms. The lowest BCUT2D eigenvalue weighted by Crippen LogP contribution is -2.49. The Morgan fingerprint density at radius 1 is 0.771 bits per heavy atom. The molecule has 12 heteroatoms. The number of amides is 3. The van der Waals surface area contributed by atoms with Crippen LogP contribution in [0.4, 0.5) is 9.59 Å². The standard InChI is InChI=1S/C36H46N3O8P/c1-35(2,3)44-33(41)37-24-16-15-23-30(38-34(42)45-36(4,5)6)31(40)39-25-26-17-13-14-22-29(26)32(39)48(43,46-27-18-9-7-10-19-27)47-28-20-11-8-12-21-28/h7-14,17-22,30,32H,15-16,23-25H2,1-6H3,(H,37,41)(H,38,42)/t30-,32?/m0/s1. The van der Waals surface area contributed by atoms with Crippen LogP contribution in [-0.4, -0.2) is 46.8 Å². The lowest BCUT2D eigenvalue weighted by Gasteiger charge is -2.33. The molecule has 48 heavy (non-hydrogen) atoms. The zero-order valence-corrected chi connectivity index (χ0v) is 29.3. The molecule has 3 aromatic carbocycles. The van der Waals surface area contributed by atoms with Crippen LogP contribution in [0.15, 0.2) is 84.9 Å². The molecule has 3 aromatic rings. The van der Waals surface area contributed by atoms with E-state index >= 15 is 4.57 Å². The van der Waals surface area contributed by atoms with Gasteiger partial charge < -0.3 is 34.1 Å². The lowest BCUT2D eigenvalue weighted by atomic mass is 10.1. The van der Waals surface area contributed by atoms with Gasteiger partial charge in [0.25, 0.3) is 0 Å². The first-order chi connectivity index (χ1) is 22.6. The second-order valence-electron chi connectivity index (χ2n) is 13.5. The van der Waals surface area contributed by atoms with Crippen molar-refractivity contribution < 1.29 is 37.5 Å². The van der Waals surface area contributed by atoms with Crippen LogP contribution in [-0.2, 0) is 25.4 Å². The third kappa shape index (κ3) is 10.5. The quantitative estimate of drug-likeness (QED) is 0.146. The fourth-order valence-corrected chi connectivity index (χ4v) is 7.37. The van der Waals surface area contributed by atoms with Crippen LogP contribution in [0.2, 0.25) is 0 Å². The predicted octanol–water partition coefficient (Wildman–Crippen LogP) is 7.97. The molecule has 1 heterocycles. The number of nitrogens with one attached hydrogen (secondary N) is 2. The van der Waals surface area contributed by atoms with Crippen LogP contribution in [0.3, 0.4) is 0 Å². The van der Waals surface area contributed by atoms with Gasteiger partial charge in [0.15, 0.2) is 5.78 Å². The second kappa shape index (κ2) is 15.6. The number of fused-ring (bicyclic) bond motifs is 1. The summed E-state index contributed by atoms with van der Waals surface area (Å²) in [5.74, 6) is -0.974. The highest BCUT2D eigenvalue weighted by Gasteiger charge is 2.51. The van der Waals surface area contributed by atoms with Gasteiger partial charge in [-0.2, -0.15) is 0 Å². The summed E-state index contributed by atoms with van der Waals surface area (Å²) < 4.78 is 38.3. The molecule has 2 atom stereocenters. The Kier molecular flexibility index (Phi) is 11.8. The number of hydrogen-bond acceptors (Lipinski definition) is 8. The molecule has 4 rings (SSSR count). The molecule has 1 aliphatic rings. The van der Waals surface area contributed by atoms with Gasteiger partial charge in [-0.05, 0) is 96.2 Å². The minimum atomic E-state index is -4.23. The summed E-state index contributed by atoms with van der Waals surface area (Å²) in [4.78, 5) is 41.1. The Labute approximate surface area is 282 Å². The van der Waals surface area contributed by atoms with E-state index < -0.39 is 48.7 Å². The Hall–Kier alpha value is -4.50. The second-order valence-corrected chi connectivity index (χ2v) is 15.4. The molecule has 0 saturated carbocycles. The Morgan fingerprint density at radius 2 is 1.29 bits per heavy atom. The number of hydrogen-bond donors (Lipinski definition) is 2. The van der Waals surface area contributed by atoms with Crippen LogP contribution in [0, 0.1) is 0 Å². The van der Waals surface area contributed by atoms with E-state index in [-0.39, 0.29) is 13.0 Å². The van der Waals surface area contributed by atoms with Gasteiger partial charge in [-0.1, -0.05) is 60.7 Å². The van der Waals surface area contributed by atoms with Gasteiger partial charge >= 0.3 is 19.8 Å². The molecule has 1 aliphatic heterocycles. The number of carbonyl (C=O) groups is 3. The van der Waals surface area contributed by atoms with Gasteiger partial charge in [0.05, 0.1) is 0 Å². The molecule has 0 fully saturated rings. The summed E-state index contributed by atoms with van der Waals surface area (Å²) >= 11 is 0. The number of rotatable bonds is 12. The van der Waals surface area contributed by atoms with Crippen molar-refractivity contribution in [3.8, 4) is 11.5 Å². The van der Waals surface area contributed by atoms with Gasteiger partial charge in [0.2, 0.25) is 5.91 Å². The third-order valence-electron chi connectivity index (χ3n) is 7.08. The smallest absolute Gasteiger partial charge is 0.444 e. The Bertz CT molecular complexity index is 1540. The molecule has 0 saturated heterocycles. The molecule has 11 nitrogen and oxygen atoms in total.